The van der Waals surface area contributed by atoms with Crippen molar-refractivity contribution in [3.05, 3.63) is 48.0 Å². The van der Waals surface area contributed by atoms with Gasteiger partial charge in [-0.2, -0.15) is 0 Å². The number of hydrogen-bond acceptors (Lipinski definition) is 4. The zero-order chi connectivity index (χ0) is 23.4. The Labute approximate surface area is 199 Å². The second-order valence-electron chi connectivity index (χ2n) is 9.86. The molecule has 6 rings (SSSR count). The van der Waals surface area contributed by atoms with Gasteiger partial charge in [0.1, 0.15) is 5.75 Å². The molecule has 2 N–H and O–H groups in total. The molecule has 2 aliphatic rings. The van der Waals surface area contributed by atoms with Crippen LogP contribution in [0.1, 0.15) is 36.0 Å². The van der Waals surface area contributed by atoms with Gasteiger partial charge in [-0.1, -0.05) is 0 Å². The van der Waals surface area contributed by atoms with Crippen LogP contribution < -0.4 is 10.5 Å². The Morgan fingerprint density at radius 2 is 1.94 bits per heavy atom. The number of aryl methyl sites for hydroxylation is 1. The van der Waals surface area contributed by atoms with Crippen molar-refractivity contribution in [2.24, 2.45) is 18.7 Å². The SMILES string of the molecule is COc1ccc2c(c1)cc(-c1nc3cc(C(=O)N4CCCC(N)C4)ccc3n1C)n2CC1CC1. The number of rotatable bonds is 5. The molecule has 1 atom stereocenters. The number of methoxy groups -OCH3 is 1. The molecule has 1 saturated carbocycles. The average Bonchev–Trinajstić information content (AvgIpc) is 3.52. The maximum absolute atomic E-state index is 13.1. The Bertz CT molecular complexity index is 1400. The molecule has 2 aromatic heterocycles. The van der Waals surface area contributed by atoms with Crippen molar-refractivity contribution >= 4 is 27.8 Å². The third-order valence-electron chi connectivity index (χ3n) is 7.35. The van der Waals surface area contributed by atoms with Gasteiger partial charge in [-0.3, -0.25) is 4.79 Å². The summed E-state index contributed by atoms with van der Waals surface area (Å²) in [6.45, 7) is 2.38. The molecule has 4 aromatic rings. The van der Waals surface area contributed by atoms with Crippen molar-refractivity contribution in [3.63, 3.8) is 0 Å². The van der Waals surface area contributed by atoms with Crippen LogP contribution in [0.4, 0.5) is 0 Å². The molecule has 1 unspecified atom stereocenters. The first-order valence-electron chi connectivity index (χ1n) is 12.2. The second-order valence-corrected chi connectivity index (χ2v) is 9.86. The van der Waals surface area contributed by atoms with E-state index in [-0.39, 0.29) is 11.9 Å². The van der Waals surface area contributed by atoms with Crippen molar-refractivity contribution in [1.82, 2.24) is 19.0 Å². The van der Waals surface area contributed by atoms with E-state index in [9.17, 15) is 4.79 Å². The lowest BCUT2D eigenvalue weighted by Gasteiger charge is -2.30. The first-order valence-corrected chi connectivity index (χ1v) is 12.2. The third-order valence-corrected chi connectivity index (χ3v) is 7.35. The second kappa shape index (κ2) is 8.17. The summed E-state index contributed by atoms with van der Waals surface area (Å²) in [5.74, 6) is 2.54. The van der Waals surface area contributed by atoms with Gasteiger partial charge in [-0.05, 0) is 74.1 Å². The fourth-order valence-corrected chi connectivity index (χ4v) is 5.26. The molecule has 34 heavy (non-hydrogen) atoms. The summed E-state index contributed by atoms with van der Waals surface area (Å²) in [5, 5.41) is 1.15. The standard InChI is InChI=1S/C27H31N5O2/c1-30-24-9-7-18(27(33)31-11-3-4-20(28)16-31)13-22(24)29-26(30)25-14-19-12-21(34-2)8-10-23(19)32(25)15-17-5-6-17/h7-10,12-14,17,20H,3-6,11,15-16,28H2,1-2H3. The largest absolute Gasteiger partial charge is 0.497 e. The number of amides is 1. The van der Waals surface area contributed by atoms with E-state index in [1.807, 2.05) is 29.2 Å². The molecular weight excluding hydrogens is 426 g/mol. The van der Waals surface area contributed by atoms with Crippen LogP contribution in [-0.4, -0.2) is 51.2 Å². The first kappa shape index (κ1) is 21.2. The zero-order valence-corrected chi connectivity index (χ0v) is 19.8. The molecule has 1 amide bonds. The highest BCUT2D eigenvalue weighted by Crippen LogP contribution is 2.37. The fourth-order valence-electron chi connectivity index (χ4n) is 5.26. The lowest BCUT2D eigenvalue weighted by Crippen LogP contribution is -2.45. The number of benzene rings is 2. The molecule has 1 aliphatic carbocycles. The average molecular weight is 458 g/mol. The van der Waals surface area contributed by atoms with Crippen molar-refractivity contribution in [2.75, 3.05) is 20.2 Å². The molecule has 0 bridgehead atoms. The van der Waals surface area contributed by atoms with Crippen LogP contribution in [0.3, 0.4) is 0 Å². The molecular formula is C27H31N5O2. The maximum Gasteiger partial charge on any atom is 0.253 e. The molecule has 2 fully saturated rings. The van der Waals surface area contributed by atoms with Crippen LogP contribution >= 0.6 is 0 Å². The van der Waals surface area contributed by atoms with Crippen LogP contribution in [0.25, 0.3) is 33.5 Å². The van der Waals surface area contributed by atoms with E-state index in [0.717, 1.165) is 65.5 Å². The molecule has 2 aromatic carbocycles. The summed E-state index contributed by atoms with van der Waals surface area (Å²) >= 11 is 0. The van der Waals surface area contributed by atoms with Crippen LogP contribution in [0, 0.1) is 5.92 Å². The highest BCUT2D eigenvalue weighted by atomic mass is 16.5. The topological polar surface area (TPSA) is 78.3 Å². The number of fused-ring (bicyclic) bond motifs is 2. The minimum atomic E-state index is 0.0409. The van der Waals surface area contributed by atoms with E-state index >= 15 is 0 Å². The third kappa shape index (κ3) is 3.64. The summed E-state index contributed by atoms with van der Waals surface area (Å²) in [5.41, 5.74) is 10.9. The van der Waals surface area contributed by atoms with Gasteiger partial charge in [-0.25, -0.2) is 4.98 Å². The van der Waals surface area contributed by atoms with E-state index in [1.165, 1.54) is 18.4 Å². The summed E-state index contributed by atoms with van der Waals surface area (Å²) in [6.07, 6.45) is 4.50. The Balaban J connectivity index is 1.42. The molecule has 176 valence electrons. The summed E-state index contributed by atoms with van der Waals surface area (Å²) in [6, 6.07) is 14.4. The highest BCUT2D eigenvalue weighted by Gasteiger charge is 2.26. The van der Waals surface area contributed by atoms with Gasteiger partial charge in [0, 0.05) is 49.2 Å². The van der Waals surface area contributed by atoms with Crippen LogP contribution in [0.15, 0.2) is 42.5 Å². The minimum absolute atomic E-state index is 0.0409. The number of likely N-dealkylation sites (tertiary alicyclic amines) is 1. The fraction of sp³-hybridized carbons (Fsp3) is 0.407. The van der Waals surface area contributed by atoms with E-state index in [2.05, 4.69) is 34.4 Å². The Kier molecular flexibility index (Phi) is 5.10. The molecule has 7 heteroatoms. The minimum Gasteiger partial charge on any atom is -0.497 e. The van der Waals surface area contributed by atoms with Gasteiger partial charge in [-0.15, -0.1) is 0 Å². The van der Waals surface area contributed by atoms with E-state index in [0.29, 0.717) is 12.1 Å². The van der Waals surface area contributed by atoms with Crippen molar-refractivity contribution in [1.29, 1.82) is 0 Å². The van der Waals surface area contributed by atoms with Crippen LogP contribution in [0.5, 0.6) is 5.75 Å². The normalized spacial score (nSPS) is 18.7. The van der Waals surface area contributed by atoms with Gasteiger partial charge in [0.25, 0.3) is 5.91 Å². The summed E-state index contributed by atoms with van der Waals surface area (Å²) < 4.78 is 9.99. The van der Waals surface area contributed by atoms with Crippen molar-refractivity contribution < 1.29 is 9.53 Å². The number of hydrogen-bond donors (Lipinski definition) is 1. The highest BCUT2D eigenvalue weighted by molar-refractivity contribution is 5.98. The number of nitrogens with zero attached hydrogens (tertiary/aromatic N) is 4. The maximum atomic E-state index is 13.1. The zero-order valence-electron chi connectivity index (χ0n) is 19.8. The molecule has 3 heterocycles. The Hall–Kier alpha value is -3.32. The number of ether oxygens (including phenoxy) is 1. The lowest BCUT2D eigenvalue weighted by atomic mass is 10.1. The number of piperidine rings is 1. The quantitative estimate of drug-likeness (QED) is 0.488. The van der Waals surface area contributed by atoms with Gasteiger partial charge in [0.05, 0.1) is 23.8 Å². The smallest absolute Gasteiger partial charge is 0.253 e. The van der Waals surface area contributed by atoms with Crippen molar-refractivity contribution in [3.8, 4) is 17.3 Å². The molecule has 1 aliphatic heterocycles. The number of nitrogens with two attached hydrogens (primary N) is 1. The first-order chi connectivity index (χ1) is 16.5. The van der Waals surface area contributed by atoms with Crippen LogP contribution in [-0.2, 0) is 13.6 Å². The van der Waals surface area contributed by atoms with E-state index in [4.69, 9.17) is 15.5 Å². The van der Waals surface area contributed by atoms with E-state index < -0.39 is 0 Å². The number of imidazole rings is 1. The lowest BCUT2D eigenvalue weighted by molar-refractivity contribution is 0.0709. The molecule has 7 nitrogen and oxygen atoms in total. The molecule has 0 spiro atoms. The predicted molar refractivity (Wildman–Crippen MR) is 134 cm³/mol. The summed E-state index contributed by atoms with van der Waals surface area (Å²) in [4.78, 5) is 20.0. The Morgan fingerprint density at radius 1 is 1.12 bits per heavy atom. The number of carbonyl (C=O) groups excluding carboxylic acids is 1. The van der Waals surface area contributed by atoms with Crippen molar-refractivity contribution in [2.45, 2.75) is 38.3 Å². The Morgan fingerprint density at radius 3 is 2.71 bits per heavy atom. The monoisotopic (exact) mass is 457 g/mol. The van der Waals surface area contributed by atoms with Gasteiger partial charge in [0.15, 0.2) is 5.82 Å². The van der Waals surface area contributed by atoms with Gasteiger partial charge >= 0.3 is 0 Å². The predicted octanol–water partition coefficient (Wildman–Crippen LogP) is 4.18. The van der Waals surface area contributed by atoms with Crippen LogP contribution in [0.2, 0.25) is 0 Å². The van der Waals surface area contributed by atoms with E-state index in [1.54, 1.807) is 7.11 Å². The summed E-state index contributed by atoms with van der Waals surface area (Å²) in [7, 11) is 3.75. The number of carbonyl (C=O) groups is 1. The van der Waals surface area contributed by atoms with Gasteiger partial charge < -0.3 is 24.5 Å². The molecule has 0 radical (unpaired) electrons. The number of aromatic nitrogens is 3. The molecule has 1 saturated heterocycles. The van der Waals surface area contributed by atoms with Gasteiger partial charge in [0.2, 0.25) is 0 Å².